The van der Waals surface area contributed by atoms with Gasteiger partial charge in [-0.05, 0) is 0 Å². The summed E-state index contributed by atoms with van der Waals surface area (Å²) in [4.78, 5) is 0. The second-order valence-corrected chi connectivity index (χ2v) is 5.61. The van der Waals surface area contributed by atoms with Crippen LogP contribution in [0.4, 0.5) is 0 Å². The summed E-state index contributed by atoms with van der Waals surface area (Å²) in [5.41, 5.74) is 0. The molecule has 0 N–H and O–H groups in total. The Morgan fingerprint density at radius 2 is 0.909 bits per heavy atom. The zero-order valence-corrected chi connectivity index (χ0v) is 22.1. The van der Waals surface area contributed by atoms with Crippen molar-refractivity contribution in [3.05, 3.63) is 6.92 Å². The fourth-order valence-electron chi connectivity index (χ4n) is 1.84. The molecule has 8 heteroatoms. The van der Waals surface area contributed by atoms with Crippen molar-refractivity contribution in [2.75, 3.05) is 0 Å². The van der Waals surface area contributed by atoms with Crippen molar-refractivity contribution in [2.24, 2.45) is 0 Å². The van der Waals surface area contributed by atoms with Gasteiger partial charge in [0, 0.05) is 10.4 Å². The molecule has 0 atom stereocenters. The van der Waals surface area contributed by atoms with E-state index in [4.69, 9.17) is 17.5 Å². The van der Waals surface area contributed by atoms with Gasteiger partial charge in [0.1, 0.15) is 0 Å². The van der Waals surface area contributed by atoms with Crippen LogP contribution in [0, 0.1) is 6.92 Å². The third-order valence-corrected chi connectivity index (χ3v) is 2.85. The first-order valence-corrected chi connectivity index (χ1v) is 8.71. The largest absolute Gasteiger partial charge is 1.00 e. The Balaban J connectivity index is -0.000000105. The Labute approximate surface area is 204 Å². The second kappa shape index (κ2) is 28.7. The van der Waals surface area contributed by atoms with Gasteiger partial charge >= 0.3 is 88.7 Å². The number of hydrogen-bond donors (Lipinski definition) is 0. The smallest absolute Gasteiger partial charge is 0.759 e. The van der Waals surface area contributed by atoms with Gasteiger partial charge in [0.25, 0.3) is 0 Å². The van der Waals surface area contributed by atoms with Crippen LogP contribution in [0.1, 0.15) is 84.0 Å². The summed E-state index contributed by atoms with van der Waals surface area (Å²) in [6, 6.07) is 0. The number of hydrogen-bond acceptors (Lipinski definition) is 4. The van der Waals surface area contributed by atoms with Gasteiger partial charge in [-0.15, -0.1) is 0 Å². The number of rotatable bonds is 11. The molecule has 0 aromatic heterocycles. The van der Waals surface area contributed by atoms with Gasteiger partial charge in [0.15, 0.2) is 0 Å². The first kappa shape index (κ1) is 35.9. The molecule has 0 fully saturated rings. The van der Waals surface area contributed by atoms with Crippen LogP contribution >= 0.6 is 0 Å². The van der Waals surface area contributed by atoms with Crippen molar-refractivity contribution < 1.29 is 106 Å². The van der Waals surface area contributed by atoms with Crippen LogP contribution in [0.3, 0.4) is 0 Å². The van der Waals surface area contributed by atoms with Gasteiger partial charge < -0.3 is 16.0 Å². The minimum absolute atomic E-state index is 0. The van der Waals surface area contributed by atoms with Gasteiger partial charge in [-0.3, -0.25) is 8.42 Å². The molecule has 0 amide bonds. The molecule has 0 aliphatic rings. The van der Waals surface area contributed by atoms with E-state index < -0.39 is 10.4 Å². The molecule has 0 radical (unpaired) electrons. The molecule has 0 heterocycles. The molecule has 22 heavy (non-hydrogen) atoms. The molecule has 0 aliphatic carbocycles. The normalized spacial score (nSPS) is 9.45. The van der Waals surface area contributed by atoms with Gasteiger partial charge in [-0.2, -0.15) is 6.42 Å². The van der Waals surface area contributed by atoms with Crippen molar-refractivity contribution in [2.45, 2.75) is 84.0 Å². The van der Waals surface area contributed by atoms with E-state index in [1.165, 1.54) is 70.6 Å². The van der Waals surface area contributed by atoms with E-state index in [9.17, 15) is 0 Å². The Bertz CT molecular complexity index is 243. The summed E-state index contributed by atoms with van der Waals surface area (Å²) >= 11 is 0. The Morgan fingerprint density at radius 1 is 0.682 bits per heavy atom. The van der Waals surface area contributed by atoms with E-state index in [2.05, 4.69) is 13.8 Å². The number of unbranched alkanes of at least 4 members (excludes halogenated alkanes) is 11. The molecule has 0 aromatic rings. The summed E-state index contributed by atoms with van der Waals surface area (Å²) in [7, 11) is -5.17. The van der Waals surface area contributed by atoms with Crippen molar-refractivity contribution in [1.29, 1.82) is 0 Å². The summed E-state index contributed by atoms with van der Waals surface area (Å²) in [5.74, 6) is 0. The molecular weight excluding hydrogens is 333 g/mol. The fraction of sp³-hybridized carbons (Fsp3) is 0.929. The summed E-state index contributed by atoms with van der Waals surface area (Å²) in [6.45, 7) is 6.14. The fourth-order valence-corrected chi connectivity index (χ4v) is 1.84. The molecular formula is C14H29Na3O4S. The summed E-state index contributed by atoms with van der Waals surface area (Å²) in [6.07, 6.45) is 16.9. The standard InChI is InChI=1S/C14H29.3Na.H2O4S/c1-3-5-7-9-11-13-14-12-10-8-6-4-2;;;;1-5(2,3)4/h1,3-14H2,2H3;;;;(H2,1,2,3,4)/q-1;3*+1;/p-2. The molecule has 0 saturated carbocycles. The maximum Gasteiger partial charge on any atom is 1.00 e. The molecule has 4 nitrogen and oxygen atoms in total. The van der Waals surface area contributed by atoms with Gasteiger partial charge in [-0.1, -0.05) is 77.6 Å². The van der Waals surface area contributed by atoms with E-state index in [0.717, 1.165) is 6.42 Å². The molecule has 118 valence electrons. The molecule has 0 aliphatic heterocycles. The van der Waals surface area contributed by atoms with Crippen LogP contribution < -0.4 is 88.7 Å². The van der Waals surface area contributed by atoms with E-state index in [-0.39, 0.29) is 88.7 Å². The molecule has 0 saturated heterocycles. The molecule has 0 spiro atoms. The first-order valence-electron chi connectivity index (χ1n) is 7.37. The van der Waals surface area contributed by atoms with Crippen molar-refractivity contribution in [3.8, 4) is 0 Å². The van der Waals surface area contributed by atoms with E-state index in [0.29, 0.717) is 0 Å². The Hall–Kier alpha value is 2.87. The van der Waals surface area contributed by atoms with Crippen molar-refractivity contribution in [3.63, 3.8) is 0 Å². The summed E-state index contributed by atoms with van der Waals surface area (Å²) in [5, 5.41) is 0. The van der Waals surface area contributed by atoms with Gasteiger partial charge in [-0.25, -0.2) is 0 Å². The Morgan fingerprint density at radius 3 is 1.14 bits per heavy atom. The first-order chi connectivity index (χ1) is 8.91. The van der Waals surface area contributed by atoms with Crippen molar-refractivity contribution >= 4 is 10.4 Å². The minimum Gasteiger partial charge on any atom is -0.759 e. The Kier molecular flexibility index (Phi) is 46.8. The minimum atomic E-state index is -5.17. The maximum absolute atomic E-state index is 8.52. The average molecular weight is 362 g/mol. The van der Waals surface area contributed by atoms with E-state index >= 15 is 0 Å². The van der Waals surface area contributed by atoms with E-state index in [1.807, 2.05) is 0 Å². The third kappa shape index (κ3) is 56.9. The van der Waals surface area contributed by atoms with E-state index in [1.54, 1.807) is 0 Å². The quantitative estimate of drug-likeness (QED) is 0.121. The second-order valence-electron chi connectivity index (χ2n) is 4.80. The van der Waals surface area contributed by atoms with Crippen LogP contribution in [-0.4, -0.2) is 17.5 Å². The SMILES string of the molecule is O=S(=O)([O-])[O-].[CH2-]CCCCCCCCCCCCC.[Na+].[Na+].[Na+]. The zero-order valence-electron chi connectivity index (χ0n) is 15.2. The predicted molar refractivity (Wildman–Crippen MR) is 76.9 cm³/mol. The zero-order chi connectivity index (χ0) is 15.0. The summed E-state index contributed by atoms with van der Waals surface area (Å²) < 4.78 is 34.1. The topological polar surface area (TPSA) is 80.3 Å². The van der Waals surface area contributed by atoms with Gasteiger partial charge in [0.2, 0.25) is 0 Å². The van der Waals surface area contributed by atoms with Crippen LogP contribution in [0.5, 0.6) is 0 Å². The van der Waals surface area contributed by atoms with Crippen molar-refractivity contribution in [1.82, 2.24) is 0 Å². The molecule has 0 unspecified atom stereocenters. The van der Waals surface area contributed by atoms with Crippen LogP contribution in [0.15, 0.2) is 0 Å². The van der Waals surface area contributed by atoms with Gasteiger partial charge in [0.05, 0.1) is 0 Å². The third-order valence-electron chi connectivity index (χ3n) is 2.85. The van der Waals surface area contributed by atoms with Crippen LogP contribution in [0.2, 0.25) is 0 Å². The predicted octanol–water partition coefficient (Wildman–Crippen LogP) is -4.80. The van der Waals surface area contributed by atoms with Crippen LogP contribution in [-0.2, 0) is 10.4 Å². The van der Waals surface area contributed by atoms with Crippen LogP contribution in [0.25, 0.3) is 0 Å². The molecule has 0 bridgehead atoms. The molecule has 0 aromatic carbocycles. The molecule has 0 rings (SSSR count). The average Bonchev–Trinajstić information content (AvgIpc) is 2.29. The monoisotopic (exact) mass is 362 g/mol. The maximum atomic E-state index is 8.52.